The van der Waals surface area contributed by atoms with Crippen molar-refractivity contribution in [2.75, 3.05) is 24.3 Å². The second-order valence-electron chi connectivity index (χ2n) is 4.33. The summed E-state index contributed by atoms with van der Waals surface area (Å²) < 4.78 is 0. The Morgan fingerprint density at radius 3 is 2.17 bits per heavy atom. The summed E-state index contributed by atoms with van der Waals surface area (Å²) in [5, 5.41) is 3.24. The molecule has 92 valence electrons. The highest BCUT2D eigenvalue weighted by molar-refractivity contribution is 5.58. The molecule has 0 aromatic heterocycles. The first kappa shape index (κ1) is 12.2. The van der Waals surface area contributed by atoms with Crippen LogP contribution >= 0.6 is 0 Å². The van der Waals surface area contributed by atoms with Gasteiger partial charge in [-0.2, -0.15) is 0 Å². The first-order valence-electron chi connectivity index (χ1n) is 6.01. The molecule has 2 aromatic carbocycles. The summed E-state index contributed by atoms with van der Waals surface area (Å²) >= 11 is 0. The van der Waals surface area contributed by atoms with Crippen LogP contribution in [0.5, 0.6) is 0 Å². The quantitative estimate of drug-likeness (QED) is 0.870. The van der Waals surface area contributed by atoms with Gasteiger partial charge in [0, 0.05) is 31.7 Å². The van der Waals surface area contributed by atoms with Crippen molar-refractivity contribution < 1.29 is 0 Å². The van der Waals surface area contributed by atoms with Gasteiger partial charge in [-0.1, -0.05) is 30.3 Å². The fourth-order valence-corrected chi connectivity index (χ4v) is 1.65. The Morgan fingerprint density at radius 2 is 1.56 bits per heavy atom. The van der Waals surface area contributed by atoms with Crippen molar-refractivity contribution in [3.05, 3.63) is 66.4 Å². The van der Waals surface area contributed by atoms with Crippen molar-refractivity contribution in [1.82, 2.24) is 0 Å². The molecule has 0 aliphatic rings. The smallest absolute Gasteiger partial charge is 0.0379 e. The van der Waals surface area contributed by atoms with Crippen LogP contribution in [0.1, 0.15) is 5.56 Å². The summed E-state index contributed by atoms with van der Waals surface area (Å²) in [5.41, 5.74) is 3.49. The lowest BCUT2D eigenvalue weighted by atomic mass is 10.2. The number of para-hydroxylation sites is 1. The van der Waals surface area contributed by atoms with Crippen LogP contribution in [-0.4, -0.2) is 14.1 Å². The minimum atomic E-state index is 1.10. The predicted octanol–water partition coefficient (Wildman–Crippen LogP) is 3.84. The number of rotatable bonds is 4. The average molecular weight is 238 g/mol. The molecule has 1 N–H and O–H groups in total. The third kappa shape index (κ3) is 3.39. The Kier molecular flexibility index (Phi) is 4.02. The van der Waals surface area contributed by atoms with Crippen molar-refractivity contribution in [1.29, 1.82) is 0 Å². The van der Waals surface area contributed by atoms with E-state index in [0.29, 0.717) is 0 Å². The van der Waals surface area contributed by atoms with Crippen LogP contribution in [-0.2, 0) is 0 Å². The van der Waals surface area contributed by atoms with E-state index in [0.717, 1.165) is 5.69 Å². The van der Waals surface area contributed by atoms with Gasteiger partial charge in [0.05, 0.1) is 0 Å². The van der Waals surface area contributed by atoms with Crippen LogP contribution < -0.4 is 10.2 Å². The zero-order chi connectivity index (χ0) is 12.8. The molecule has 0 spiro atoms. The first-order chi connectivity index (χ1) is 8.75. The molecular weight excluding hydrogens is 220 g/mol. The van der Waals surface area contributed by atoms with E-state index < -0.39 is 0 Å². The second kappa shape index (κ2) is 5.92. The molecule has 0 unspecified atom stereocenters. The highest BCUT2D eigenvalue weighted by Gasteiger charge is 1.93. The van der Waals surface area contributed by atoms with Crippen LogP contribution in [0.2, 0.25) is 0 Å². The molecule has 0 radical (unpaired) electrons. The zero-order valence-electron chi connectivity index (χ0n) is 10.8. The normalized spacial score (nSPS) is 10.6. The van der Waals surface area contributed by atoms with E-state index in [-0.39, 0.29) is 0 Å². The van der Waals surface area contributed by atoms with Crippen molar-refractivity contribution in [2.45, 2.75) is 0 Å². The summed E-state index contributed by atoms with van der Waals surface area (Å²) in [5.74, 6) is 0. The Morgan fingerprint density at radius 1 is 0.889 bits per heavy atom. The van der Waals surface area contributed by atoms with Gasteiger partial charge in [-0.15, -0.1) is 0 Å². The van der Waals surface area contributed by atoms with Crippen LogP contribution in [0.3, 0.4) is 0 Å². The number of nitrogens with one attached hydrogen (secondary N) is 1. The molecule has 0 fully saturated rings. The van der Waals surface area contributed by atoms with Gasteiger partial charge in [-0.05, 0) is 35.9 Å². The minimum Gasteiger partial charge on any atom is -0.378 e. The van der Waals surface area contributed by atoms with Crippen LogP contribution in [0.15, 0.2) is 60.8 Å². The molecule has 0 heterocycles. The van der Waals surface area contributed by atoms with Crippen molar-refractivity contribution in [2.24, 2.45) is 0 Å². The minimum absolute atomic E-state index is 1.10. The summed E-state index contributed by atoms with van der Waals surface area (Å²) in [6.45, 7) is 0. The summed E-state index contributed by atoms with van der Waals surface area (Å²) in [6, 6.07) is 18.6. The number of hydrogen-bond acceptors (Lipinski definition) is 2. The molecule has 18 heavy (non-hydrogen) atoms. The van der Waals surface area contributed by atoms with Gasteiger partial charge in [0.1, 0.15) is 0 Å². The van der Waals surface area contributed by atoms with Gasteiger partial charge < -0.3 is 10.2 Å². The average Bonchev–Trinajstić information content (AvgIpc) is 2.40. The fraction of sp³-hybridized carbons (Fsp3) is 0.125. The maximum atomic E-state index is 3.24. The standard InChI is InChI=1S/C16H18N2/c1-18(2)16-10-8-14(9-11-16)12-13-17-15-6-4-3-5-7-15/h3-13,17H,1-2H3. The monoisotopic (exact) mass is 238 g/mol. The molecule has 0 bridgehead atoms. The maximum absolute atomic E-state index is 3.24. The topological polar surface area (TPSA) is 15.3 Å². The Balaban J connectivity index is 1.97. The van der Waals surface area contributed by atoms with Gasteiger partial charge >= 0.3 is 0 Å². The van der Waals surface area contributed by atoms with Crippen LogP contribution in [0, 0.1) is 0 Å². The van der Waals surface area contributed by atoms with Gasteiger partial charge in [-0.25, -0.2) is 0 Å². The van der Waals surface area contributed by atoms with Crippen molar-refractivity contribution >= 4 is 17.5 Å². The molecule has 0 amide bonds. The van der Waals surface area contributed by atoms with Gasteiger partial charge in [-0.3, -0.25) is 0 Å². The summed E-state index contributed by atoms with van der Waals surface area (Å²) in [4.78, 5) is 2.09. The Hall–Kier alpha value is -2.22. The van der Waals surface area contributed by atoms with E-state index in [2.05, 4.69) is 40.6 Å². The van der Waals surface area contributed by atoms with Gasteiger partial charge in [0.2, 0.25) is 0 Å². The molecule has 0 saturated heterocycles. The van der Waals surface area contributed by atoms with Gasteiger partial charge in [0.25, 0.3) is 0 Å². The second-order valence-corrected chi connectivity index (χ2v) is 4.33. The summed E-state index contributed by atoms with van der Waals surface area (Å²) in [7, 11) is 4.09. The molecule has 2 heteroatoms. The third-order valence-corrected chi connectivity index (χ3v) is 2.71. The number of hydrogen-bond donors (Lipinski definition) is 1. The van der Waals surface area contributed by atoms with E-state index in [1.54, 1.807) is 0 Å². The van der Waals surface area contributed by atoms with Crippen LogP contribution in [0.4, 0.5) is 11.4 Å². The predicted molar refractivity (Wildman–Crippen MR) is 79.9 cm³/mol. The number of benzene rings is 2. The molecule has 2 nitrogen and oxygen atoms in total. The Labute approximate surface area is 109 Å². The molecule has 0 saturated carbocycles. The lowest BCUT2D eigenvalue weighted by molar-refractivity contribution is 1.13. The maximum Gasteiger partial charge on any atom is 0.0379 e. The molecule has 0 aliphatic heterocycles. The molecule has 2 aromatic rings. The molecular formula is C16H18N2. The number of anilines is 2. The molecule has 0 aliphatic carbocycles. The van der Waals surface area contributed by atoms with Crippen molar-refractivity contribution in [3.8, 4) is 0 Å². The van der Waals surface area contributed by atoms with Crippen LogP contribution in [0.25, 0.3) is 6.08 Å². The fourth-order valence-electron chi connectivity index (χ4n) is 1.65. The van der Waals surface area contributed by atoms with E-state index in [1.807, 2.05) is 50.6 Å². The lowest BCUT2D eigenvalue weighted by Crippen LogP contribution is -2.07. The summed E-state index contributed by atoms with van der Waals surface area (Å²) in [6.07, 6.45) is 4.02. The largest absolute Gasteiger partial charge is 0.378 e. The van der Waals surface area contributed by atoms with E-state index in [1.165, 1.54) is 11.3 Å². The Bertz CT molecular complexity index is 498. The SMILES string of the molecule is CN(C)c1ccc(C=CNc2ccccc2)cc1. The molecule has 2 rings (SSSR count). The highest BCUT2D eigenvalue weighted by Crippen LogP contribution is 2.13. The highest BCUT2D eigenvalue weighted by atomic mass is 15.1. The van der Waals surface area contributed by atoms with E-state index in [9.17, 15) is 0 Å². The van der Waals surface area contributed by atoms with E-state index >= 15 is 0 Å². The third-order valence-electron chi connectivity index (χ3n) is 2.71. The first-order valence-corrected chi connectivity index (χ1v) is 6.01. The number of nitrogens with zero attached hydrogens (tertiary/aromatic N) is 1. The van der Waals surface area contributed by atoms with Crippen molar-refractivity contribution in [3.63, 3.8) is 0 Å². The zero-order valence-corrected chi connectivity index (χ0v) is 10.8. The van der Waals surface area contributed by atoms with Gasteiger partial charge in [0.15, 0.2) is 0 Å². The molecule has 0 atom stereocenters. The lowest BCUT2D eigenvalue weighted by Gasteiger charge is -2.11. The van der Waals surface area contributed by atoms with E-state index in [4.69, 9.17) is 0 Å².